The molecule has 8 heteroatoms. The average Bonchev–Trinajstić information content (AvgIpc) is 2.48. The van der Waals surface area contributed by atoms with Crippen LogP contribution in [0.2, 0.25) is 0 Å². The van der Waals surface area contributed by atoms with E-state index in [1.54, 1.807) is 0 Å². The van der Waals surface area contributed by atoms with Crippen molar-refractivity contribution in [2.45, 2.75) is 32.0 Å². The maximum atomic E-state index is 13.9. The topological polar surface area (TPSA) is 29.5 Å². The monoisotopic (exact) mass is 337 g/mol. The summed E-state index contributed by atoms with van der Waals surface area (Å²) in [6.45, 7) is 0.111. The molecule has 1 fully saturated rings. The van der Waals surface area contributed by atoms with Crippen LogP contribution in [0, 0.1) is 18.6 Å². The van der Waals surface area contributed by atoms with Crippen LogP contribution < -0.4 is 0 Å². The molecule has 1 saturated heterocycles. The van der Waals surface area contributed by atoms with Gasteiger partial charge < -0.3 is 9.64 Å². The number of carbonyl (C=O) groups excluding carboxylic acids is 1. The van der Waals surface area contributed by atoms with Crippen molar-refractivity contribution in [3.63, 3.8) is 0 Å². The van der Waals surface area contributed by atoms with E-state index in [-0.39, 0.29) is 12.2 Å². The second kappa shape index (κ2) is 6.82. The second-order valence-corrected chi connectivity index (χ2v) is 5.50. The van der Waals surface area contributed by atoms with Crippen LogP contribution in [0.25, 0.3) is 0 Å². The van der Waals surface area contributed by atoms with E-state index in [0.29, 0.717) is 30.4 Å². The van der Waals surface area contributed by atoms with Crippen LogP contribution in [-0.2, 0) is 4.74 Å². The number of benzene rings is 1. The number of ether oxygens (including phenoxy) is 1. The van der Waals surface area contributed by atoms with Gasteiger partial charge in [0.25, 0.3) is 5.91 Å². The zero-order valence-corrected chi connectivity index (χ0v) is 12.4. The summed E-state index contributed by atoms with van der Waals surface area (Å²) in [5.41, 5.74) is -0.731. The summed E-state index contributed by atoms with van der Waals surface area (Å²) < 4.78 is 70.9. The van der Waals surface area contributed by atoms with Gasteiger partial charge in [0.2, 0.25) is 0 Å². The normalized spacial score (nSPS) is 18.8. The van der Waals surface area contributed by atoms with E-state index in [1.807, 2.05) is 0 Å². The number of rotatable bonds is 3. The summed E-state index contributed by atoms with van der Waals surface area (Å²) in [6.07, 6.45) is -3.83. The molecule has 0 bridgehead atoms. The van der Waals surface area contributed by atoms with Gasteiger partial charge in [-0.2, -0.15) is 13.2 Å². The maximum Gasteiger partial charge on any atom is 0.406 e. The molecule has 0 radical (unpaired) electrons. The summed E-state index contributed by atoms with van der Waals surface area (Å²) in [5.74, 6) is -3.08. The molecule has 128 valence electrons. The number of nitrogens with zero attached hydrogens (tertiary/aromatic N) is 1. The Morgan fingerprint density at radius 3 is 2.57 bits per heavy atom. The van der Waals surface area contributed by atoms with E-state index in [0.717, 1.165) is 6.07 Å². The van der Waals surface area contributed by atoms with Crippen molar-refractivity contribution in [2.75, 3.05) is 19.8 Å². The van der Waals surface area contributed by atoms with Gasteiger partial charge in [-0.15, -0.1) is 0 Å². The molecule has 1 aliphatic rings. The molecule has 0 saturated carbocycles. The summed E-state index contributed by atoms with van der Waals surface area (Å²) >= 11 is 0. The summed E-state index contributed by atoms with van der Waals surface area (Å²) in [6, 6.07) is 0.618. The number of alkyl halides is 3. The Labute approximate surface area is 130 Å². The molecule has 3 nitrogen and oxygen atoms in total. The predicted octanol–water partition coefficient (Wildman–Crippen LogP) is 3.46. The molecule has 1 aromatic rings. The summed E-state index contributed by atoms with van der Waals surface area (Å²) in [5, 5.41) is 0. The Hall–Kier alpha value is -1.70. The van der Waals surface area contributed by atoms with Crippen LogP contribution in [0.1, 0.15) is 28.8 Å². The minimum atomic E-state index is -4.65. The average molecular weight is 337 g/mol. The van der Waals surface area contributed by atoms with E-state index in [4.69, 9.17) is 4.74 Å². The molecular weight excluding hydrogens is 321 g/mol. The molecular formula is C15H16F5NO2. The van der Waals surface area contributed by atoms with Crippen molar-refractivity contribution in [1.82, 2.24) is 4.90 Å². The van der Waals surface area contributed by atoms with E-state index < -0.39 is 41.9 Å². The molecule has 0 N–H and O–H groups in total. The van der Waals surface area contributed by atoms with Crippen molar-refractivity contribution < 1.29 is 31.5 Å². The highest BCUT2D eigenvalue weighted by atomic mass is 19.4. The lowest BCUT2D eigenvalue weighted by molar-refractivity contribution is -0.148. The Morgan fingerprint density at radius 1 is 1.30 bits per heavy atom. The minimum Gasteiger partial charge on any atom is -0.379 e. The zero-order chi connectivity index (χ0) is 17.2. The predicted molar refractivity (Wildman–Crippen MR) is 72.0 cm³/mol. The molecule has 1 aliphatic heterocycles. The fraction of sp³-hybridized carbons (Fsp3) is 0.533. The SMILES string of the molecule is Cc1cc(F)c(C(=O)N(CC(F)(F)F)[C@H]2CCCOC2)cc1F. The zero-order valence-electron chi connectivity index (χ0n) is 12.4. The number of hydrogen-bond acceptors (Lipinski definition) is 2. The summed E-state index contributed by atoms with van der Waals surface area (Å²) in [7, 11) is 0. The standard InChI is InChI=1S/C15H16F5NO2/c1-9-5-13(17)11(6-12(9)16)14(22)21(8-15(18,19)20)10-3-2-4-23-7-10/h5-6,10H,2-4,7-8H2,1H3/t10-/m0/s1. The van der Waals surface area contributed by atoms with Crippen LogP contribution in [0.5, 0.6) is 0 Å². The highest BCUT2D eigenvalue weighted by molar-refractivity contribution is 5.95. The van der Waals surface area contributed by atoms with Gasteiger partial charge in [0.1, 0.15) is 18.2 Å². The lowest BCUT2D eigenvalue weighted by Crippen LogP contribution is -2.49. The van der Waals surface area contributed by atoms with Crippen molar-refractivity contribution in [1.29, 1.82) is 0 Å². The van der Waals surface area contributed by atoms with Gasteiger partial charge in [0.15, 0.2) is 0 Å². The minimum absolute atomic E-state index is 0.0255. The third kappa shape index (κ3) is 4.40. The maximum absolute atomic E-state index is 13.9. The van der Waals surface area contributed by atoms with E-state index >= 15 is 0 Å². The van der Waals surface area contributed by atoms with Gasteiger partial charge in [-0.25, -0.2) is 8.78 Å². The smallest absolute Gasteiger partial charge is 0.379 e. The van der Waals surface area contributed by atoms with Crippen LogP contribution in [0.3, 0.4) is 0 Å². The quantitative estimate of drug-likeness (QED) is 0.791. The van der Waals surface area contributed by atoms with Crippen LogP contribution in [0.4, 0.5) is 22.0 Å². The van der Waals surface area contributed by atoms with Crippen LogP contribution in [-0.4, -0.2) is 42.8 Å². The highest BCUT2D eigenvalue weighted by Crippen LogP contribution is 2.25. The molecule has 23 heavy (non-hydrogen) atoms. The van der Waals surface area contributed by atoms with Crippen molar-refractivity contribution >= 4 is 5.91 Å². The first-order valence-electron chi connectivity index (χ1n) is 7.10. The number of carbonyl (C=O) groups is 1. The number of amides is 1. The molecule has 0 unspecified atom stereocenters. The summed E-state index contributed by atoms with van der Waals surface area (Å²) in [4.78, 5) is 12.9. The van der Waals surface area contributed by atoms with Crippen molar-refractivity contribution in [2.24, 2.45) is 0 Å². The van der Waals surface area contributed by atoms with Gasteiger partial charge in [-0.3, -0.25) is 4.79 Å². The molecule has 2 rings (SSSR count). The number of aryl methyl sites for hydroxylation is 1. The molecule has 1 amide bonds. The molecule has 1 atom stereocenters. The lowest BCUT2D eigenvalue weighted by atomic mass is 10.0. The Balaban J connectivity index is 2.34. The highest BCUT2D eigenvalue weighted by Gasteiger charge is 2.38. The first kappa shape index (κ1) is 17.7. The van der Waals surface area contributed by atoms with Crippen molar-refractivity contribution in [3.8, 4) is 0 Å². The molecule has 0 aliphatic carbocycles. The van der Waals surface area contributed by atoms with Gasteiger partial charge in [0.05, 0.1) is 18.2 Å². The number of hydrogen-bond donors (Lipinski definition) is 0. The third-order valence-electron chi connectivity index (χ3n) is 3.67. The van der Waals surface area contributed by atoms with Gasteiger partial charge in [-0.1, -0.05) is 0 Å². The lowest BCUT2D eigenvalue weighted by Gasteiger charge is -2.34. The fourth-order valence-electron chi connectivity index (χ4n) is 2.49. The molecule has 0 spiro atoms. The van der Waals surface area contributed by atoms with Crippen LogP contribution in [0.15, 0.2) is 12.1 Å². The number of halogens is 5. The van der Waals surface area contributed by atoms with E-state index in [1.165, 1.54) is 6.92 Å². The Kier molecular flexibility index (Phi) is 5.23. The first-order chi connectivity index (χ1) is 10.7. The molecule has 0 aromatic heterocycles. The third-order valence-corrected chi connectivity index (χ3v) is 3.67. The second-order valence-electron chi connectivity index (χ2n) is 5.50. The first-order valence-corrected chi connectivity index (χ1v) is 7.10. The molecule has 1 heterocycles. The van der Waals surface area contributed by atoms with E-state index in [2.05, 4.69) is 0 Å². The Morgan fingerprint density at radius 2 is 2.00 bits per heavy atom. The largest absolute Gasteiger partial charge is 0.406 e. The Bertz CT molecular complexity index is 582. The molecule has 1 aromatic carbocycles. The van der Waals surface area contributed by atoms with Crippen LogP contribution >= 0.6 is 0 Å². The van der Waals surface area contributed by atoms with E-state index in [9.17, 15) is 26.7 Å². The van der Waals surface area contributed by atoms with Gasteiger partial charge in [0, 0.05) is 6.61 Å². The van der Waals surface area contributed by atoms with Gasteiger partial charge >= 0.3 is 6.18 Å². The fourth-order valence-corrected chi connectivity index (χ4v) is 2.49. The van der Waals surface area contributed by atoms with Gasteiger partial charge in [-0.05, 0) is 37.5 Å². The van der Waals surface area contributed by atoms with Crippen molar-refractivity contribution in [3.05, 3.63) is 34.9 Å².